The van der Waals surface area contributed by atoms with E-state index < -0.39 is 0 Å². The molecule has 1 fully saturated rings. The van der Waals surface area contributed by atoms with Crippen LogP contribution in [0, 0.1) is 0 Å². The first-order valence-corrected chi connectivity index (χ1v) is 6.30. The molecule has 2 aromatic rings. The third-order valence-corrected chi connectivity index (χ3v) is 3.57. The number of nitrogens with two attached hydrogens (primary N) is 1. The molecule has 1 aromatic carbocycles. The fraction of sp³-hybridized carbons (Fsp3) is 0.462. The van der Waals surface area contributed by atoms with Gasteiger partial charge in [0.1, 0.15) is 0 Å². The van der Waals surface area contributed by atoms with Gasteiger partial charge < -0.3 is 20.4 Å². The number of anilines is 2. The second-order valence-corrected chi connectivity index (χ2v) is 4.79. The standard InChI is InChI=1S/C13H18N4O/c1-17(10-4-6-18-7-5-10)13-15-11-3-2-9(14)8-12(11)16-13/h2-3,8,10H,4-7,14H2,1H3,(H,15,16). The van der Waals surface area contributed by atoms with Gasteiger partial charge in [-0.3, -0.25) is 0 Å². The molecule has 3 N–H and O–H groups in total. The molecule has 5 nitrogen and oxygen atoms in total. The van der Waals surface area contributed by atoms with E-state index in [1.54, 1.807) is 0 Å². The van der Waals surface area contributed by atoms with Gasteiger partial charge in [-0.1, -0.05) is 0 Å². The molecule has 3 rings (SSSR count). The minimum atomic E-state index is 0.497. The number of aromatic amines is 1. The van der Waals surface area contributed by atoms with Gasteiger partial charge in [0.05, 0.1) is 11.0 Å². The first-order chi connectivity index (χ1) is 8.74. The summed E-state index contributed by atoms with van der Waals surface area (Å²) in [5.41, 5.74) is 8.48. The van der Waals surface area contributed by atoms with Crippen LogP contribution < -0.4 is 10.6 Å². The fourth-order valence-corrected chi connectivity index (χ4v) is 2.43. The first-order valence-electron chi connectivity index (χ1n) is 6.30. The summed E-state index contributed by atoms with van der Waals surface area (Å²) in [6.07, 6.45) is 2.10. The van der Waals surface area contributed by atoms with Crippen LogP contribution >= 0.6 is 0 Å². The van der Waals surface area contributed by atoms with Crippen LogP contribution in [0.1, 0.15) is 12.8 Å². The van der Waals surface area contributed by atoms with Crippen molar-refractivity contribution < 1.29 is 4.74 Å². The van der Waals surface area contributed by atoms with Crippen LogP contribution in [0.25, 0.3) is 11.0 Å². The van der Waals surface area contributed by atoms with E-state index in [0.29, 0.717) is 6.04 Å². The van der Waals surface area contributed by atoms with Gasteiger partial charge in [-0.2, -0.15) is 0 Å². The van der Waals surface area contributed by atoms with Gasteiger partial charge in [0.25, 0.3) is 0 Å². The molecule has 0 spiro atoms. The van der Waals surface area contributed by atoms with Crippen molar-refractivity contribution in [3.05, 3.63) is 18.2 Å². The van der Waals surface area contributed by atoms with Gasteiger partial charge in [0.2, 0.25) is 5.95 Å². The number of nitrogens with one attached hydrogen (secondary N) is 1. The Morgan fingerprint density at radius 2 is 2.17 bits per heavy atom. The van der Waals surface area contributed by atoms with Crippen molar-refractivity contribution in [2.75, 3.05) is 30.9 Å². The van der Waals surface area contributed by atoms with Crippen molar-refractivity contribution in [2.24, 2.45) is 0 Å². The lowest BCUT2D eigenvalue weighted by molar-refractivity contribution is 0.0852. The highest BCUT2D eigenvalue weighted by Crippen LogP contribution is 2.22. The second-order valence-electron chi connectivity index (χ2n) is 4.79. The van der Waals surface area contributed by atoms with Gasteiger partial charge in [-0.25, -0.2) is 4.98 Å². The lowest BCUT2D eigenvalue weighted by Crippen LogP contribution is -2.37. The number of hydrogen-bond acceptors (Lipinski definition) is 4. The molecule has 0 aliphatic carbocycles. The maximum atomic E-state index is 5.77. The van der Waals surface area contributed by atoms with Crippen LogP contribution in [0.2, 0.25) is 0 Å². The molecule has 0 amide bonds. The molecule has 2 heterocycles. The van der Waals surface area contributed by atoms with Gasteiger partial charge in [0.15, 0.2) is 0 Å². The van der Waals surface area contributed by atoms with E-state index in [4.69, 9.17) is 10.5 Å². The van der Waals surface area contributed by atoms with Crippen LogP contribution in [0.5, 0.6) is 0 Å². The SMILES string of the molecule is CN(c1nc2ccc(N)cc2[nH]1)C1CCOCC1. The molecular formula is C13H18N4O. The Balaban J connectivity index is 1.88. The van der Waals surface area contributed by atoms with E-state index in [-0.39, 0.29) is 0 Å². The summed E-state index contributed by atoms with van der Waals surface area (Å²) in [7, 11) is 2.08. The molecule has 0 bridgehead atoms. The summed E-state index contributed by atoms with van der Waals surface area (Å²) in [4.78, 5) is 10.1. The molecule has 1 aromatic heterocycles. The molecule has 5 heteroatoms. The summed E-state index contributed by atoms with van der Waals surface area (Å²) < 4.78 is 5.39. The van der Waals surface area contributed by atoms with E-state index in [1.165, 1.54) is 0 Å². The number of H-pyrrole nitrogens is 1. The number of fused-ring (bicyclic) bond motifs is 1. The third-order valence-electron chi connectivity index (χ3n) is 3.57. The van der Waals surface area contributed by atoms with Crippen molar-refractivity contribution in [1.29, 1.82) is 0 Å². The highest BCUT2D eigenvalue weighted by molar-refractivity contribution is 5.80. The fourth-order valence-electron chi connectivity index (χ4n) is 2.43. The number of rotatable bonds is 2. The van der Waals surface area contributed by atoms with E-state index in [0.717, 1.165) is 48.7 Å². The summed E-state index contributed by atoms with van der Waals surface area (Å²) in [6.45, 7) is 1.67. The van der Waals surface area contributed by atoms with E-state index in [2.05, 4.69) is 21.9 Å². The average molecular weight is 246 g/mol. The van der Waals surface area contributed by atoms with Crippen molar-refractivity contribution in [2.45, 2.75) is 18.9 Å². The zero-order valence-corrected chi connectivity index (χ0v) is 10.5. The minimum absolute atomic E-state index is 0.497. The lowest BCUT2D eigenvalue weighted by atomic mass is 10.1. The quantitative estimate of drug-likeness (QED) is 0.792. The van der Waals surface area contributed by atoms with E-state index in [1.807, 2.05) is 18.2 Å². The molecule has 1 aliphatic heterocycles. The molecule has 1 saturated heterocycles. The summed E-state index contributed by atoms with van der Waals surface area (Å²) in [5, 5.41) is 0. The number of benzene rings is 1. The maximum absolute atomic E-state index is 5.77. The normalized spacial score (nSPS) is 17.2. The molecule has 0 saturated carbocycles. The van der Waals surface area contributed by atoms with E-state index >= 15 is 0 Å². The number of ether oxygens (including phenoxy) is 1. The first kappa shape index (κ1) is 11.3. The highest BCUT2D eigenvalue weighted by Gasteiger charge is 2.20. The van der Waals surface area contributed by atoms with Gasteiger partial charge >= 0.3 is 0 Å². The summed E-state index contributed by atoms with van der Waals surface area (Å²) >= 11 is 0. The molecule has 96 valence electrons. The zero-order chi connectivity index (χ0) is 12.5. The smallest absolute Gasteiger partial charge is 0.203 e. The molecule has 18 heavy (non-hydrogen) atoms. The van der Waals surface area contributed by atoms with Crippen LogP contribution in [0.3, 0.4) is 0 Å². The molecule has 0 unspecified atom stereocenters. The second kappa shape index (κ2) is 4.49. The van der Waals surface area contributed by atoms with Crippen LogP contribution in [0.4, 0.5) is 11.6 Å². The highest BCUT2D eigenvalue weighted by atomic mass is 16.5. The molecule has 1 aliphatic rings. The predicted molar refractivity (Wildman–Crippen MR) is 72.8 cm³/mol. The molecule has 0 radical (unpaired) electrons. The Labute approximate surface area is 106 Å². The van der Waals surface area contributed by atoms with Crippen molar-refractivity contribution in [1.82, 2.24) is 9.97 Å². The number of imidazole rings is 1. The number of aromatic nitrogens is 2. The Bertz CT molecular complexity index is 545. The Morgan fingerprint density at radius 1 is 1.39 bits per heavy atom. The maximum Gasteiger partial charge on any atom is 0.203 e. The Kier molecular flexibility index (Phi) is 2.83. The van der Waals surface area contributed by atoms with Crippen molar-refractivity contribution in [3.8, 4) is 0 Å². The average Bonchev–Trinajstić information content (AvgIpc) is 2.81. The van der Waals surface area contributed by atoms with Crippen molar-refractivity contribution >= 4 is 22.7 Å². The number of nitrogen functional groups attached to an aromatic ring is 1. The lowest BCUT2D eigenvalue weighted by Gasteiger charge is -2.30. The van der Waals surface area contributed by atoms with Crippen molar-refractivity contribution in [3.63, 3.8) is 0 Å². The topological polar surface area (TPSA) is 67.2 Å². The molecular weight excluding hydrogens is 228 g/mol. The predicted octanol–water partition coefficient (Wildman–Crippen LogP) is 1.76. The van der Waals surface area contributed by atoms with Gasteiger partial charge in [-0.15, -0.1) is 0 Å². The van der Waals surface area contributed by atoms with Gasteiger partial charge in [0, 0.05) is 32.0 Å². The number of hydrogen-bond donors (Lipinski definition) is 2. The van der Waals surface area contributed by atoms with Crippen LogP contribution in [-0.2, 0) is 4.74 Å². The summed E-state index contributed by atoms with van der Waals surface area (Å²) in [5.74, 6) is 0.905. The van der Waals surface area contributed by atoms with Crippen LogP contribution in [-0.4, -0.2) is 36.3 Å². The summed E-state index contributed by atoms with van der Waals surface area (Å²) in [6, 6.07) is 6.24. The van der Waals surface area contributed by atoms with Crippen LogP contribution in [0.15, 0.2) is 18.2 Å². The molecule has 0 atom stereocenters. The monoisotopic (exact) mass is 246 g/mol. The van der Waals surface area contributed by atoms with E-state index in [9.17, 15) is 0 Å². The number of nitrogens with zero attached hydrogens (tertiary/aromatic N) is 2. The van der Waals surface area contributed by atoms with Gasteiger partial charge in [-0.05, 0) is 31.0 Å². The largest absolute Gasteiger partial charge is 0.399 e. The Hall–Kier alpha value is -1.75. The minimum Gasteiger partial charge on any atom is -0.399 e. The Morgan fingerprint density at radius 3 is 2.94 bits per heavy atom. The zero-order valence-electron chi connectivity index (χ0n) is 10.5. The third kappa shape index (κ3) is 2.01.